The lowest BCUT2D eigenvalue weighted by Gasteiger charge is -2.21. The molecule has 1 N–H and O–H groups in total. The Morgan fingerprint density at radius 2 is 1.56 bits per heavy atom. The smallest absolute Gasteiger partial charge is 0.258 e. The van der Waals surface area contributed by atoms with Crippen LogP contribution in [-0.2, 0) is 0 Å². The number of nitrogens with zero attached hydrogens (tertiary/aromatic N) is 1. The van der Waals surface area contributed by atoms with Crippen LogP contribution in [0.3, 0.4) is 0 Å². The molecule has 3 rings (SSSR count). The fourth-order valence-corrected chi connectivity index (χ4v) is 2.76. The molecule has 0 radical (unpaired) electrons. The first kappa shape index (κ1) is 18.3. The van der Waals surface area contributed by atoms with E-state index in [1.54, 1.807) is 35.2 Å². The van der Waals surface area contributed by atoms with E-state index in [1.807, 2.05) is 37.3 Å². The molecular formula is C22H19FN2O2. The average Bonchev–Trinajstić information content (AvgIpc) is 2.71. The number of benzene rings is 3. The molecule has 4 nitrogen and oxygen atoms in total. The van der Waals surface area contributed by atoms with Gasteiger partial charge in [0.2, 0.25) is 0 Å². The molecule has 0 aromatic heterocycles. The maximum Gasteiger partial charge on any atom is 0.258 e. The quantitative estimate of drug-likeness (QED) is 0.712. The summed E-state index contributed by atoms with van der Waals surface area (Å²) >= 11 is 0. The molecule has 136 valence electrons. The standard InChI is InChI=1S/C22H19FN2O2/c1-2-25(18-11-4-3-5-12-18)22(27)17-10-8-9-16(15-17)21(26)24-20-14-7-6-13-19(20)23/h3-15H,2H2,1H3,(H,24,26). The fourth-order valence-electron chi connectivity index (χ4n) is 2.76. The van der Waals surface area contributed by atoms with E-state index < -0.39 is 11.7 Å². The number of nitrogens with one attached hydrogen (secondary N) is 1. The number of carbonyl (C=O) groups excluding carboxylic acids is 2. The van der Waals surface area contributed by atoms with Gasteiger partial charge < -0.3 is 10.2 Å². The first-order valence-corrected chi connectivity index (χ1v) is 8.63. The topological polar surface area (TPSA) is 49.4 Å². The van der Waals surface area contributed by atoms with Gasteiger partial charge in [0.15, 0.2) is 0 Å². The van der Waals surface area contributed by atoms with E-state index in [2.05, 4.69) is 5.32 Å². The minimum Gasteiger partial charge on any atom is -0.319 e. The fraction of sp³-hybridized carbons (Fsp3) is 0.0909. The van der Waals surface area contributed by atoms with Crippen molar-refractivity contribution in [1.82, 2.24) is 0 Å². The summed E-state index contributed by atoms with van der Waals surface area (Å²) in [6.45, 7) is 2.38. The summed E-state index contributed by atoms with van der Waals surface area (Å²) in [6.07, 6.45) is 0. The molecule has 0 aliphatic carbocycles. The van der Waals surface area contributed by atoms with Gasteiger partial charge in [0.25, 0.3) is 11.8 Å². The van der Waals surface area contributed by atoms with Gasteiger partial charge in [-0.3, -0.25) is 9.59 Å². The molecular weight excluding hydrogens is 343 g/mol. The zero-order valence-electron chi connectivity index (χ0n) is 14.9. The molecule has 2 amide bonds. The van der Waals surface area contributed by atoms with Gasteiger partial charge >= 0.3 is 0 Å². The Morgan fingerprint density at radius 1 is 0.889 bits per heavy atom. The van der Waals surface area contributed by atoms with E-state index >= 15 is 0 Å². The van der Waals surface area contributed by atoms with Crippen molar-refractivity contribution in [2.24, 2.45) is 0 Å². The lowest BCUT2D eigenvalue weighted by molar-refractivity contribution is 0.0988. The van der Waals surface area contributed by atoms with Crippen LogP contribution in [0.2, 0.25) is 0 Å². The van der Waals surface area contributed by atoms with Crippen LogP contribution in [0.15, 0.2) is 78.9 Å². The molecule has 0 saturated carbocycles. The molecule has 3 aromatic carbocycles. The molecule has 0 aliphatic heterocycles. The lowest BCUT2D eigenvalue weighted by atomic mass is 10.1. The summed E-state index contributed by atoms with van der Waals surface area (Å²) in [5.41, 5.74) is 1.56. The second kappa shape index (κ2) is 8.27. The Kier molecular flexibility index (Phi) is 5.61. The van der Waals surface area contributed by atoms with Gasteiger partial charge in [0, 0.05) is 23.4 Å². The van der Waals surface area contributed by atoms with Crippen molar-refractivity contribution >= 4 is 23.2 Å². The molecule has 0 spiro atoms. The van der Waals surface area contributed by atoms with E-state index in [1.165, 1.54) is 18.2 Å². The lowest BCUT2D eigenvalue weighted by Crippen LogP contribution is -2.30. The molecule has 0 fully saturated rings. The number of halogens is 1. The first-order chi connectivity index (χ1) is 13.1. The second-order valence-electron chi connectivity index (χ2n) is 5.90. The van der Waals surface area contributed by atoms with Crippen LogP contribution in [-0.4, -0.2) is 18.4 Å². The minimum atomic E-state index is -0.515. The van der Waals surface area contributed by atoms with Crippen LogP contribution in [0.1, 0.15) is 27.6 Å². The molecule has 0 atom stereocenters. The third kappa shape index (κ3) is 4.20. The van der Waals surface area contributed by atoms with E-state index in [0.717, 1.165) is 5.69 Å². The summed E-state index contributed by atoms with van der Waals surface area (Å²) in [7, 11) is 0. The predicted octanol–water partition coefficient (Wildman–Crippen LogP) is 4.74. The summed E-state index contributed by atoms with van der Waals surface area (Å²) in [5, 5.41) is 2.53. The predicted molar refractivity (Wildman–Crippen MR) is 105 cm³/mol. The van der Waals surface area contributed by atoms with E-state index in [0.29, 0.717) is 12.1 Å². The van der Waals surface area contributed by atoms with Crippen LogP contribution < -0.4 is 10.2 Å². The number of hydrogen-bond acceptors (Lipinski definition) is 2. The van der Waals surface area contributed by atoms with Gasteiger partial charge in [-0.25, -0.2) is 4.39 Å². The summed E-state index contributed by atoms with van der Waals surface area (Å²) in [5.74, 6) is -1.19. The van der Waals surface area contributed by atoms with E-state index in [4.69, 9.17) is 0 Å². The Bertz CT molecular complexity index is 957. The summed E-state index contributed by atoms with van der Waals surface area (Å²) in [4.78, 5) is 27.0. The monoisotopic (exact) mass is 362 g/mol. The number of para-hydroxylation sites is 2. The van der Waals surface area contributed by atoms with Crippen molar-refractivity contribution in [3.8, 4) is 0 Å². The summed E-state index contributed by atoms with van der Waals surface area (Å²) < 4.78 is 13.7. The number of amides is 2. The molecule has 27 heavy (non-hydrogen) atoms. The van der Waals surface area contributed by atoms with Gasteiger partial charge in [-0.15, -0.1) is 0 Å². The molecule has 5 heteroatoms. The Morgan fingerprint density at radius 3 is 2.26 bits per heavy atom. The third-order valence-corrected chi connectivity index (χ3v) is 4.12. The van der Waals surface area contributed by atoms with Gasteiger partial charge in [0.1, 0.15) is 5.82 Å². The van der Waals surface area contributed by atoms with Crippen molar-refractivity contribution in [2.45, 2.75) is 6.92 Å². The third-order valence-electron chi connectivity index (χ3n) is 4.12. The van der Waals surface area contributed by atoms with E-state index in [-0.39, 0.29) is 17.2 Å². The highest BCUT2D eigenvalue weighted by atomic mass is 19.1. The normalized spacial score (nSPS) is 10.3. The van der Waals surface area contributed by atoms with Crippen molar-refractivity contribution < 1.29 is 14.0 Å². The largest absolute Gasteiger partial charge is 0.319 e. The second-order valence-corrected chi connectivity index (χ2v) is 5.90. The van der Waals surface area contributed by atoms with Crippen molar-refractivity contribution in [3.05, 3.63) is 95.8 Å². The van der Waals surface area contributed by atoms with Crippen LogP contribution in [0.4, 0.5) is 15.8 Å². The maximum atomic E-state index is 13.7. The van der Waals surface area contributed by atoms with Gasteiger partial charge in [0.05, 0.1) is 5.69 Å². The van der Waals surface area contributed by atoms with Gasteiger partial charge in [-0.05, 0) is 49.4 Å². The maximum absolute atomic E-state index is 13.7. The van der Waals surface area contributed by atoms with Crippen LogP contribution in [0.5, 0.6) is 0 Å². The molecule has 0 unspecified atom stereocenters. The van der Waals surface area contributed by atoms with Crippen LogP contribution in [0.25, 0.3) is 0 Å². The highest BCUT2D eigenvalue weighted by Gasteiger charge is 2.18. The molecule has 0 bridgehead atoms. The highest BCUT2D eigenvalue weighted by Crippen LogP contribution is 2.18. The number of carbonyl (C=O) groups is 2. The van der Waals surface area contributed by atoms with Crippen molar-refractivity contribution in [1.29, 1.82) is 0 Å². The number of anilines is 2. The van der Waals surface area contributed by atoms with Crippen LogP contribution >= 0.6 is 0 Å². The molecule has 0 heterocycles. The van der Waals surface area contributed by atoms with Crippen molar-refractivity contribution in [2.75, 3.05) is 16.8 Å². The zero-order chi connectivity index (χ0) is 19.2. The molecule has 0 saturated heterocycles. The Balaban J connectivity index is 1.83. The average molecular weight is 362 g/mol. The van der Waals surface area contributed by atoms with E-state index in [9.17, 15) is 14.0 Å². The number of rotatable bonds is 5. The zero-order valence-corrected chi connectivity index (χ0v) is 14.9. The minimum absolute atomic E-state index is 0.0960. The van der Waals surface area contributed by atoms with Gasteiger partial charge in [-0.2, -0.15) is 0 Å². The van der Waals surface area contributed by atoms with Gasteiger partial charge in [-0.1, -0.05) is 36.4 Å². The highest BCUT2D eigenvalue weighted by molar-refractivity contribution is 6.09. The molecule has 3 aromatic rings. The summed E-state index contributed by atoms with van der Waals surface area (Å²) in [6, 6.07) is 21.7. The Labute approximate surface area is 157 Å². The SMILES string of the molecule is CCN(C(=O)c1cccc(C(=O)Nc2ccccc2F)c1)c1ccccc1. The van der Waals surface area contributed by atoms with Crippen molar-refractivity contribution in [3.63, 3.8) is 0 Å². The number of hydrogen-bond donors (Lipinski definition) is 1. The van der Waals surface area contributed by atoms with Crippen LogP contribution in [0, 0.1) is 5.82 Å². The first-order valence-electron chi connectivity index (χ1n) is 8.63. The molecule has 0 aliphatic rings. The Hall–Kier alpha value is -3.47.